The smallest absolute Gasteiger partial charge is 0.496 e. The van der Waals surface area contributed by atoms with Gasteiger partial charge in [0.25, 0.3) is 0 Å². The summed E-state index contributed by atoms with van der Waals surface area (Å²) in [4.78, 5) is 11.2. The van der Waals surface area contributed by atoms with E-state index in [1.165, 1.54) is 19.2 Å². The lowest BCUT2D eigenvalue weighted by Gasteiger charge is -2.25. The fourth-order valence-corrected chi connectivity index (χ4v) is 1.94. The molecule has 1 aromatic carbocycles. The van der Waals surface area contributed by atoms with Crippen LogP contribution in [0, 0.1) is 0 Å². The van der Waals surface area contributed by atoms with Gasteiger partial charge in [0, 0.05) is 18.1 Å². The van der Waals surface area contributed by atoms with Crippen molar-refractivity contribution in [2.75, 3.05) is 13.7 Å². The lowest BCUT2D eigenvalue weighted by molar-refractivity contribution is -0.274. The van der Waals surface area contributed by atoms with E-state index in [9.17, 15) is 18.0 Å². The maximum Gasteiger partial charge on any atom is 0.573 e. The number of ether oxygens (including phenoxy) is 3. The van der Waals surface area contributed by atoms with Gasteiger partial charge in [0.15, 0.2) is 0 Å². The molecule has 1 heterocycles. The molecule has 1 aliphatic rings. The molecule has 1 aliphatic heterocycles. The third kappa shape index (κ3) is 3.46. The number of amides is 1. The number of nitrogens with one attached hydrogen (secondary N) is 1. The molecule has 5 nitrogen and oxygen atoms in total. The van der Waals surface area contributed by atoms with Crippen molar-refractivity contribution in [1.29, 1.82) is 0 Å². The van der Waals surface area contributed by atoms with Crippen molar-refractivity contribution in [1.82, 2.24) is 5.32 Å². The topological polar surface area (TPSA) is 56.8 Å². The van der Waals surface area contributed by atoms with Crippen molar-refractivity contribution in [2.45, 2.75) is 18.8 Å². The minimum Gasteiger partial charge on any atom is -0.496 e. The maximum absolute atomic E-state index is 12.1. The molecule has 20 heavy (non-hydrogen) atoms. The van der Waals surface area contributed by atoms with Crippen molar-refractivity contribution >= 4 is 6.09 Å². The Balaban J connectivity index is 2.23. The zero-order valence-corrected chi connectivity index (χ0v) is 10.5. The standard InChI is InChI=1S/C12H12F3NO4/c1-18-10-6-7(20-12(13,14)15)2-3-8(10)9-4-5-19-11(17)16-9/h2-3,6,9H,4-5H2,1H3,(H,16,17)/t9-/m1/s1. The van der Waals surface area contributed by atoms with E-state index in [1.54, 1.807) is 0 Å². The molecule has 1 aromatic rings. The van der Waals surface area contributed by atoms with E-state index in [4.69, 9.17) is 9.47 Å². The second-order valence-electron chi connectivity index (χ2n) is 4.07. The molecule has 1 atom stereocenters. The Kier molecular flexibility index (Phi) is 3.91. The van der Waals surface area contributed by atoms with Gasteiger partial charge in [0.2, 0.25) is 0 Å². The van der Waals surface area contributed by atoms with Crippen molar-refractivity contribution in [3.63, 3.8) is 0 Å². The van der Waals surface area contributed by atoms with E-state index >= 15 is 0 Å². The van der Waals surface area contributed by atoms with Gasteiger partial charge in [0.05, 0.1) is 19.8 Å². The molecule has 1 amide bonds. The Labute approximate surface area is 112 Å². The minimum atomic E-state index is -4.76. The van der Waals surface area contributed by atoms with Gasteiger partial charge in [-0.3, -0.25) is 0 Å². The summed E-state index contributed by atoms with van der Waals surface area (Å²) < 4.78 is 50.0. The summed E-state index contributed by atoms with van der Waals surface area (Å²) in [6.07, 6.45) is -4.83. The predicted octanol–water partition coefficient (Wildman–Crippen LogP) is 2.76. The molecular weight excluding hydrogens is 279 g/mol. The molecule has 2 rings (SSSR count). The number of benzene rings is 1. The van der Waals surface area contributed by atoms with Gasteiger partial charge in [-0.2, -0.15) is 0 Å². The summed E-state index contributed by atoms with van der Waals surface area (Å²) in [5, 5.41) is 2.57. The monoisotopic (exact) mass is 291 g/mol. The van der Waals surface area contributed by atoms with Crippen molar-refractivity contribution in [3.05, 3.63) is 23.8 Å². The third-order valence-corrected chi connectivity index (χ3v) is 2.75. The largest absolute Gasteiger partial charge is 0.573 e. The first-order chi connectivity index (χ1) is 9.39. The number of hydrogen-bond acceptors (Lipinski definition) is 4. The van der Waals surface area contributed by atoms with Crippen LogP contribution in [-0.2, 0) is 4.74 Å². The number of hydrogen-bond donors (Lipinski definition) is 1. The van der Waals surface area contributed by atoms with Crippen molar-refractivity contribution in [2.24, 2.45) is 0 Å². The minimum absolute atomic E-state index is 0.207. The summed E-state index contributed by atoms with van der Waals surface area (Å²) in [6, 6.07) is 3.36. The molecule has 1 N–H and O–H groups in total. The highest BCUT2D eigenvalue weighted by Crippen LogP contribution is 2.34. The molecule has 1 saturated heterocycles. The fraction of sp³-hybridized carbons (Fsp3) is 0.417. The van der Waals surface area contributed by atoms with Gasteiger partial charge in [-0.15, -0.1) is 13.2 Å². The van der Waals surface area contributed by atoms with Gasteiger partial charge in [-0.05, 0) is 12.1 Å². The first-order valence-electron chi connectivity index (χ1n) is 5.76. The molecule has 8 heteroatoms. The summed E-state index contributed by atoms with van der Waals surface area (Å²) in [7, 11) is 1.33. The maximum atomic E-state index is 12.1. The molecule has 0 spiro atoms. The average Bonchev–Trinajstić information content (AvgIpc) is 2.36. The van der Waals surface area contributed by atoms with Crippen LogP contribution in [0.25, 0.3) is 0 Å². The van der Waals surface area contributed by atoms with E-state index < -0.39 is 12.5 Å². The van der Waals surface area contributed by atoms with E-state index in [2.05, 4.69) is 10.1 Å². The first-order valence-corrected chi connectivity index (χ1v) is 5.76. The number of cyclic esters (lactones) is 1. The molecule has 1 fully saturated rings. The van der Waals surface area contributed by atoms with Crippen LogP contribution < -0.4 is 14.8 Å². The van der Waals surface area contributed by atoms with E-state index in [0.29, 0.717) is 12.0 Å². The zero-order chi connectivity index (χ0) is 14.8. The van der Waals surface area contributed by atoms with Crippen LogP contribution in [0.1, 0.15) is 18.0 Å². The molecule has 0 saturated carbocycles. The molecule has 110 valence electrons. The Morgan fingerprint density at radius 2 is 2.15 bits per heavy atom. The third-order valence-electron chi connectivity index (χ3n) is 2.75. The van der Waals surface area contributed by atoms with E-state index in [-0.39, 0.29) is 24.1 Å². The SMILES string of the molecule is COc1cc(OC(F)(F)F)ccc1[C@H]1CCOC(=O)N1. The quantitative estimate of drug-likeness (QED) is 0.930. The molecule has 0 unspecified atom stereocenters. The van der Waals surface area contributed by atoms with Crippen LogP contribution in [0.3, 0.4) is 0 Å². The Hall–Kier alpha value is -2.12. The Morgan fingerprint density at radius 1 is 1.40 bits per heavy atom. The van der Waals surface area contributed by atoms with E-state index in [0.717, 1.165) is 6.07 Å². The fourth-order valence-electron chi connectivity index (χ4n) is 1.94. The highest BCUT2D eigenvalue weighted by atomic mass is 19.4. The van der Waals surface area contributed by atoms with Crippen molar-refractivity contribution in [3.8, 4) is 11.5 Å². The average molecular weight is 291 g/mol. The number of carbonyl (C=O) groups is 1. The van der Waals surface area contributed by atoms with Gasteiger partial charge >= 0.3 is 12.5 Å². The predicted molar refractivity (Wildman–Crippen MR) is 61.5 cm³/mol. The number of alkyl carbamates (subject to hydrolysis) is 1. The Bertz CT molecular complexity index is 504. The first kappa shape index (κ1) is 14.3. The lowest BCUT2D eigenvalue weighted by Crippen LogP contribution is -2.35. The highest BCUT2D eigenvalue weighted by molar-refractivity contribution is 5.69. The van der Waals surface area contributed by atoms with Gasteiger partial charge < -0.3 is 19.5 Å². The number of alkyl halides is 3. The van der Waals surface area contributed by atoms with Crippen LogP contribution in [0.4, 0.5) is 18.0 Å². The van der Waals surface area contributed by atoms with Crippen LogP contribution in [-0.4, -0.2) is 26.2 Å². The molecule has 0 aliphatic carbocycles. The van der Waals surface area contributed by atoms with Crippen LogP contribution in [0.15, 0.2) is 18.2 Å². The van der Waals surface area contributed by atoms with Gasteiger partial charge in [-0.1, -0.05) is 0 Å². The molecular formula is C12H12F3NO4. The van der Waals surface area contributed by atoms with Crippen molar-refractivity contribution < 1.29 is 32.2 Å². The van der Waals surface area contributed by atoms with Crippen LogP contribution in [0.5, 0.6) is 11.5 Å². The highest BCUT2D eigenvalue weighted by Gasteiger charge is 2.32. The summed E-state index contributed by atoms with van der Waals surface area (Å²) in [6.45, 7) is 0.237. The molecule has 0 aromatic heterocycles. The van der Waals surface area contributed by atoms with Crippen LogP contribution >= 0.6 is 0 Å². The van der Waals surface area contributed by atoms with E-state index in [1.807, 2.05) is 0 Å². The summed E-state index contributed by atoms with van der Waals surface area (Å²) in [5.41, 5.74) is 0.568. The second kappa shape index (κ2) is 5.48. The number of methoxy groups -OCH3 is 1. The van der Waals surface area contributed by atoms with Gasteiger partial charge in [0.1, 0.15) is 11.5 Å². The second-order valence-corrected chi connectivity index (χ2v) is 4.07. The number of halogens is 3. The lowest BCUT2D eigenvalue weighted by atomic mass is 10.0. The molecule has 0 bridgehead atoms. The van der Waals surface area contributed by atoms with Gasteiger partial charge in [-0.25, -0.2) is 4.79 Å². The number of rotatable bonds is 3. The normalized spacial score (nSPS) is 19.0. The molecule has 0 radical (unpaired) electrons. The zero-order valence-electron chi connectivity index (χ0n) is 10.5. The summed E-state index contributed by atoms with van der Waals surface area (Å²) in [5.74, 6) is -0.171. The van der Waals surface area contributed by atoms with Crippen LogP contribution in [0.2, 0.25) is 0 Å². The summed E-state index contributed by atoms with van der Waals surface area (Å²) >= 11 is 0. The Morgan fingerprint density at radius 3 is 2.75 bits per heavy atom. The number of carbonyl (C=O) groups excluding carboxylic acids is 1.